The smallest absolute Gasteiger partial charge is 0.260 e. The van der Waals surface area contributed by atoms with Crippen LogP contribution in [0.1, 0.15) is 11.3 Å². The molecule has 114 valence electrons. The molecule has 0 saturated carbocycles. The van der Waals surface area contributed by atoms with Gasteiger partial charge in [-0.05, 0) is 24.1 Å². The second-order valence-corrected chi connectivity index (χ2v) is 5.58. The summed E-state index contributed by atoms with van der Waals surface area (Å²) >= 11 is 0. The van der Waals surface area contributed by atoms with Crippen LogP contribution < -0.4 is 5.56 Å². The predicted octanol–water partition coefficient (Wildman–Crippen LogP) is 2.37. The summed E-state index contributed by atoms with van der Waals surface area (Å²) in [5.41, 5.74) is 3.41. The van der Waals surface area contributed by atoms with E-state index in [4.69, 9.17) is 0 Å². The Morgan fingerprint density at radius 2 is 2.09 bits per heavy atom. The van der Waals surface area contributed by atoms with Crippen molar-refractivity contribution in [3.05, 3.63) is 58.0 Å². The molecular formula is C18H15N3O2. The molecule has 1 aromatic carbocycles. The van der Waals surface area contributed by atoms with Crippen LogP contribution in [0.3, 0.4) is 0 Å². The minimum atomic E-state index is -0.116. The highest BCUT2D eigenvalue weighted by Crippen LogP contribution is 2.37. The average molecular weight is 305 g/mol. The van der Waals surface area contributed by atoms with Crippen LogP contribution in [0.5, 0.6) is 5.75 Å². The van der Waals surface area contributed by atoms with E-state index in [9.17, 15) is 9.90 Å². The van der Waals surface area contributed by atoms with Gasteiger partial charge in [-0.1, -0.05) is 24.3 Å². The number of fused-ring (bicyclic) bond motifs is 4. The van der Waals surface area contributed by atoms with Crippen LogP contribution in [-0.2, 0) is 13.0 Å². The highest BCUT2D eigenvalue weighted by atomic mass is 16.3. The van der Waals surface area contributed by atoms with E-state index in [0.717, 1.165) is 17.5 Å². The Morgan fingerprint density at radius 3 is 2.91 bits per heavy atom. The van der Waals surface area contributed by atoms with Gasteiger partial charge >= 0.3 is 0 Å². The number of benzene rings is 1. The molecule has 0 aliphatic carbocycles. The van der Waals surface area contributed by atoms with Gasteiger partial charge in [0.25, 0.3) is 5.56 Å². The summed E-state index contributed by atoms with van der Waals surface area (Å²) < 4.78 is 1.65. The molecule has 5 heteroatoms. The minimum Gasteiger partial charge on any atom is -0.504 e. The SMILES string of the molecule is C/N=C/c1ccc2c(=O)n3c(c(O)c2n1)-c1ccccc1CC3. The minimum absolute atomic E-state index is 0.0538. The normalized spacial score (nSPS) is 13.3. The van der Waals surface area contributed by atoms with Gasteiger partial charge in [0.15, 0.2) is 5.75 Å². The predicted molar refractivity (Wildman–Crippen MR) is 90.3 cm³/mol. The molecule has 0 atom stereocenters. The van der Waals surface area contributed by atoms with Crippen molar-refractivity contribution in [1.29, 1.82) is 0 Å². The first-order valence-corrected chi connectivity index (χ1v) is 7.47. The van der Waals surface area contributed by atoms with E-state index in [0.29, 0.717) is 28.8 Å². The first kappa shape index (κ1) is 13.7. The molecule has 1 aliphatic rings. The Kier molecular flexibility index (Phi) is 3.01. The van der Waals surface area contributed by atoms with E-state index >= 15 is 0 Å². The number of nitrogens with zero attached hydrogens (tertiary/aromatic N) is 3. The molecule has 4 rings (SSSR count). The van der Waals surface area contributed by atoms with Gasteiger partial charge in [-0.25, -0.2) is 4.98 Å². The summed E-state index contributed by atoms with van der Waals surface area (Å²) in [6.45, 7) is 0.562. The van der Waals surface area contributed by atoms with Crippen molar-refractivity contribution in [1.82, 2.24) is 9.55 Å². The lowest BCUT2D eigenvalue weighted by Gasteiger charge is -2.23. The van der Waals surface area contributed by atoms with Crippen molar-refractivity contribution in [2.45, 2.75) is 13.0 Å². The Bertz CT molecular complexity index is 1020. The van der Waals surface area contributed by atoms with Crippen molar-refractivity contribution in [3.8, 4) is 17.0 Å². The van der Waals surface area contributed by atoms with E-state index < -0.39 is 0 Å². The standard InChI is InChI=1S/C18H15N3O2/c1-19-10-12-6-7-14-15(20-12)17(22)16-13-5-3-2-4-11(13)8-9-21(16)18(14)23/h2-7,10,22H,8-9H2,1H3/b19-10+. The second kappa shape index (κ2) is 5.05. The second-order valence-electron chi connectivity index (χ2n) is 5.58. The molecule has 1 aliphatic heterocycles. The number of hydrogen-bond donors (Lipinski definition) is 1. The first-order chi connectivity index (χ1) is 11.2. The summed E-state index contributed by atoms with van der Waals surface area (Å²) in [7, 11) is 1.66. The molecule has 3 aromatic rings. The molecule has 0 fully saturated rings. The molecule has 23 heavy (non-hydrogen) atoms. The maximum atomic E-state index is 12.8. The summed E-state index contributed by atoms with van der Waals surface area (Å²) in [6.07, 6.45) is 2.38. The third kappa shape index (κ3) is 1.97. The fourth-order valence-corrected chi connectivity index (χ4v) is 3.21. The molecular weight excluding hydrogens is 290 g/mol. The van der Waals surface area contributed by atoms with Gasteiger partial charge in [-0.3, -0.25) is 9.79 Å². The van der Waals surface area contributed by atoms with Crippen molar-refractivity contribution < 1.29 is 5.11 Å². The molecule has 2 aromatic heterocycles. The van der Waals surface area contributed by atoms with Gasteiger partial charge in [-0.2, -0.15) is 0 Å². The lowest BCUT2D eigenvalue weighted by Crippen LogP contribution is -2.26. The molecule has 0 amide bonds. The number of hydrogen-bond acceptors (Lipinski definition) is 4. The van der Waals surface area contributed by atoms with Crippen molar-refractivity contribution in [2.24, 2.45) is 4.99 Å². The number of aryl methyl sites for hydroxylation is 1. The van der Waals surface area contributed by atoms with Crippen LogP contribution in [0.2, 0.25) is 0 Å². The van der Waals surface area contributed by atoms with Crippen LogP contribution in [-0.4, -0.2) is 27.9 Å². The fourth-order valence-electron chi connectivity index (χ4n) is 3.21. The zero-order valence-corrected chi connectivity index (χ0v) is 12.7. The van der Waals surface area contributed by atoms with Crippen LogP contribution in [0, 0.1) is 0 Å². The first-order valence-electron chi connectivity index (χ1n) is 7.47. The van der Waals surface area contributed by atoms with Crippen LogP contribution in [0.4, 0.5) is 0 Å². The van der Waals surface area contributed by atoms with Crippen LogP contribution in [0.15, 0.2) is 46.2 Å². The van der Waals surface area contributed by atoms with E-state index in [2.05, 4.69) is 9.98 Å². The summed E-state index contributed by atoms with van der Waals surface area (Å²) in [5.74, 6) is 0.0538. The van der Waals surface area contributed by atoms with E-state index in [-0.39, 0.29) is 11.3 Å². The summed E-state index contributed by atoms with van der Waals surface area (Å²) in [5, 5.41) is 11.2. The van der Waals surface area contributed by atoms with E-state index in [1.54, 1.807) is 30.0 Å². The Morgan fingerprint density at radius 1 is 1.26 bits per heavy atom. The molecule has 0 bridgehead atoms. The molecule has 0 saturated heterocycles. The highest BCUT2D eigenvalue weighted by Gasteiger charge is 2.23. The molecule has 3 heterocycles. The Hall–Kier alpha value is -2.95. The van der Waals surface area contributed by atoms with Gasteiger partial charge in [-0.15, -0.1) is 0 Å². The number of rotatable bonds is 1. The third-order valence-electron chi connectivity index (χ3n) is 4.25. The number of aliphatic imine (C=N–C) groups is 1. The molecule has 0 spiro atoms. The topological polar surface area (TPSA) is 67.5 Å². The largest absolute Gasteiger partial charge is 0.504 e. The van der Waals surface area contributed by atoms with E-state index in [1.807, 2.05) is 24.3 Å². The van der Waals surface area contributed by atoms with Gasteiger partial charge in [0, 0.05) is 25.4 Å². The van der Waals surface area contributed by atoms with Crippen molar-refractivity contribution in [2.75, 3.05) is 7.05 Å². The fraction of sp³-hybridized carbons (Fsp3) is 0.167. The zero-order chi connectivity index (χ0) is 16.0. The monoisotopic (exact) mass is 305 g/mol. The molecule has 5 nitrogen and oxygen atoms in total. The van der Waals surface area contributed by atoms with Crippen LogP contribution >= 0.6 is 0 Å². The molecule has 0 unspecified atom stereocenters. The van der Waals surface area contributed by atoms with Crippen molar-refractivity contribution >= 4 is 17.1 Å². The third-order valence-corrected chi connectivity index (χ3v) is 4.25. The number of pyridine rings is 2. The number of aromatic hydroxyl groups is 1. The van der Waals surface area contributed by atoms with Gasteiger partial charge in [0.1, 0.15) is 5.52 Å². The average Bonchev–Trinajstić information content (AvgIpc) is 2.59. The van der Waals surface area contributed by atoms with E-state index in [1.165, 1.54) is 0 Å². The molecule has 1 N–H and O–H groups in total. The maximum Gasteiger partial charge on any atom is 0.260 e. The van der Waals surface area contributed by atoms with Gasteiger partial charge < -0.3 is 9.67 Å². The lowest BCUT2D eigenvalue weighted by atomic mass is 9.96. The molecule has 0 radical (unpaired) electrons. The number of aromatic nitrogens is 2. The van der Waals surface area contributed by atoms with Crippen molar-refractivity contribution in [3.63, 3.8) is 0 Å². The Labute approximate surface area is 132 Å². The summed E-state index contributed by atoms with van der Waals surface area (Å²) in [4.78, 5) is 21.1. The van der Waals surface area contributed by atoms with Crippen LogP contribution in [0.25, 0.3) is 22.2 Å². The van der Waals surface area contributed by atoms with Gasteiger partial charge in [0.05, 0.1) is 16.8 Å². The lowest BCUT2D eigenvalue weighted by molar-refractivity contribution is 0.471. The summed E-state index contributed by atoms with van der Waals surface area (Å²) in [6, 6.07) is 11.3. The quantitative estimate of drug-likeness (QED) is 0.702. The highest BCUT2D eigenvalue weighted by molar-refractivity contribution is 5.93. The van der Waals surface area contributed by atoms with Gasteiger partial charge in [0.2, 0.25) is 0 Å². The zero-order valence-electron chi connectivity index (χ0n) is 12.7. The maximum absolute atomic E-state index is 12.8. The Balaban J connectivity index is 2.13.